The Balaban J connectivity index is 2.47. The smallest absolute Gasteiger partial charge is 0.123 e. The van der Waals surface area contributed by atoms with Crippen molar-refractivity contribution in [2.75, 3.05) is 6.54 Å². The van der Waals surface area contributed by atoms with Crippen molar-refractivity contribution in [3.63, 3.8) is 0 Å². The standard InChI is InChI=1S/C15H19ClFN3/c1-4-7-18-14(15-13(16)9-19-20(15)3)12-6-5-11(17)8-10(12)2/h5-6,8-9,14,18H,4,7H2,1-3H3. The molecule has 0 saturated carbocycles. The highest BCUT2D eigenvalue weighted by molar-refractivity contribution is 6.31. The van der Waals surface area contributed by atoms with Crippen LogP contribution in [0.2, 0.25) is 5.02 Å². The number of hydrogen-bond donors (Lipinski definition) is 1. The van der Waals surface area contributed by atoms with Gasteiger partial charge in [0.2, 0.25) is 0 Å². The molecule has 0 aliphatic carbocycles. The fraction of sp³-hybridized carbons (Fsp3) is 0.400. The molecule has 0 radical (unpaired) electrons. The third kappa shape index (κ3) is 3.02. The minimum Gasteiger partial charge on any atom is -0.305 e. The van der Waals surface area contributed by atoms with Crippen molar-refractivity contribution < 1.29 is 4.39 Å². The van der Waals surface area contributed by atoms with Gasteiger partial charge >= 0.3 is 0 Å². The normalized spacial score (nSPS) is 12.7. The molecular formula is C15H19ClFN3. The summed E-state index contributed by atoms with van der Waals surface area (Å²) in [5.74, 6) is -0.225. The molecule has 0 aliphatic rings. The molecular weight excluding hydrogens is 277 g/mol. The third-order valence-corrected chi connectivity index (χ3v) is 3.64. The van der Waals surface area contributed by atoms with Gasteiger partial charge in [0.15, 0.2) is 0 Å². The van der Waals surface area contributed by atoms with Crippen molar-refractivity contribution >= 4 is 11.6 Å². The summed E-state index contributed by atoms with van der Waals surface area (Å²) in [6.07, 6.45) is 2.64. The zero-order chi connectivity index (χ0) is 14.7. The van der Waals surface area contributed by atoms with Gasteiger partial charge in [-0.3, -0.25) is 4.68 Å². The maximum atomic E-state index is 13.3. The largest absolute Gasteiger partial charge is 0.305 e. The second-order valence-corrected chi connectivity index (χ2v) is 5.30. The summed E-state index contributed by atoms with van der Waals surface area (Å²) >= 11 is 6.25. The van der Waals surface area contributed by atoms with Gasteiger partial charge in [0.25, 0.3) is 0 Å². The quantitative estimate of drug-likeness (QED) is 0.913. The van der Waals surface area contributed by atoms with Gasteiger partial charge in [-0.25, -0.2) is 4.39 Å². The topological polar surface area (TPSA) is 29.9 Å². The van der Waals surface area contributed by atoms with E-state index in [-0.39, 0.29) is 11.9 Å². The first-order valence-corrected chi connectivity index (χ1v) is 7.09. The van der Waals surface area contributed by atoms with Crippen LogP contribution in [0.25, 0.3) is 0 Å². The van der Waals surface area contributed by atoms with Crippen LogP contribution in [0, 0.1) is 12.7 Å². The number of hydrogen-bond acceptors (Lipinski definition) is 2. The highest BCUT2D eigenvalue weighted by Gasteiger charge is 2.22. The summed E-state index contributed by atoms with van der Waals surface area (Å²) in [6.45, 7) is 4.86. The highest BCUT2D eigenvalue weighted by atomic mass is 35.5. The van der Waals surface area contributed by atoms with Crippen LogP contribution >= 0.6 is 11.6 Å². The Labute approximate surface area is 123 Å². The van der Waals surface area contributed by atoms with E-state index in [1.54, 1.807) is 23.0 Å². The van der Waals surface area contributed by atoms with Crippen LogP contribution in [0.4, 0.5) is 4.39 Å². The van der Waals surface area contributed by atoms with E-state index in [2.05, 4.69) is 17.3 Å². The van der Waals surface area contributed by atoms with Gasteiger partial charge in [-0.05, 0) is 43.1 Å². The molecule has 108 valence electrons. The van der Waals surface area contributed by atoms with E-state index in [1.165, 1.54) is 6.07 Å². The van der Waals surface area contributed by atoms with Crippen LogP contribution in [0.1, 0.15) is 36.2 Å². The summed E-state index contributed by atoms with van der Waals surface area (Å²) < 4.78 is 15.1. The zero-order valence-corrected chi connectivity index (χ0v) is 12.7. The summed E-state index contributed by atoms with van der Waals surface area (Å²) in [7, 11) is 1.86. The zero-order valence-electron chi connectivity index (χ0n) is 12.0. The molecule has 0 aliphatic heterocycles. The number of aryl methyl sites for hydroxylation is 2. The first-order chi connectivity index (χ1) is 9.54. The lowest BCUT2D eigenvalue weighted by Crippen LogP contribution is -2.26. The summed E-state index contributed by atoms with van der Waals surface area (Å²) in [6, 6.07) is 4.74. The van der Waals surface area contributed by atoms with Crippen molar-refractivity contribution in [3.05, 3.63) is 52.1 Å². The molecule has 3 nitrogen and oxygen atoms in total. The van der Waals surface area contributed by atoms with E-state index in [4.69, 9.17) is 11.6 Å². The Morgan fingerprint density at radius 2 is 2.20 bits per heavy atom. The number of benzene rings is 1. The molecule has 2 aromatic rings. The molecule has 1 aromatic carbocycles. The number of aromatic nitrogens is 2. The Morgan fingerprint density at radius 3 is 2.75 bits per heavy atom. The minimum atomic E-state index is -0.225. The van der Waals surface area contributed by atoms with Crippen molar-refractivity contribution in [1.82, 2.24) is 15.1 Å². The van der Waals surface area contributed by atoms with E-state index in [9.17, 15) is 4.39 Å². The Bertz CT molecular complexity index is 575. The molecule has 1 atom stereocenters. The second-order valence-electron chi connectivity index (χ2n) is 4.89. The Kier molecular flexibility index (Phi) is 4.78. The van der Waals surface area contributed by atoms with Gasteiger partial charge in [0, 0.05) is 7.05 Å². The lowest BCUT2D eigenvalue weighted by atomic mass is 9.98. The van der Waals surface area contributed by atoms with Gasteiger partial charge < -0.3 is 5.32 Å². The van der Waals surface area contributed by atoms with Crippen LogP contribution in [-0.4, -0.2) is 16.3 Å². The predicted octanol–water partition coefficient (Wildman–Crippen LogP) is 3.61. The summed E-state index contributed by atoms with van der Waals surface area (Å²) in [4.78, 5) is 0. The van der Waals surface area contributed by atoms with Crippen LogP contribution in [0.15, 0.2) is 24.4 Å². The molecule has 1 heterocycles. The van der Waals surface area contributed by atoms with Crippen molar-refractivity contribution in [3.8, 4) is 0 Å². The van der Waals surface area contributed by atoms with Gasteiger partial charge in [-0.2, -0.15) is 5.10 Å². The molecule has 0 fully saturated rings. The van der Waals surface area contributed by atoms with Gasteiger partial charge in [-0.1, -0.05) is 24.6 Å². The summed E-state index contributed by atoms with van der Waals surface area (Å²) in [5.41, 5.74) is 2.82. The minimum absolute atomic E-state index is 0.0875. The molecule has 1 aromatic heterocycles. The Hall–Kier alpha value is -1.39. The van der Waals surface area contributed by atoms with Crippen LogP contribution in [-0.2, 0) is 7.05 Å². The molecule has 0 spiro atoms. The first-order valence-electron chi connectivity index (χ1n) is 6.71. The van der Waals surface area contributed by atoms with E-state index in [0.29, 0.717) is 5.02 Å². The highest BCUT2D eigenvalue weighted by Crippen LogP contribution is 2.30. The number of halogens is 2. The molecule has 20 heavy (non-hydrogen) atoms. The fourth-order valence-electron chi connectivity index (χ4n) is 2.35. The maximum Gasteiger partial charge on any atom is 0.123 e. The van der Waals surface area contributed by atoms with Crippen molar-refractivity contribution in [1.29, 1.82) is 0 Å². The fourth-order valence-corrected chi connectivity index (χ4v) is 2.63. The number of nitrogens with one attached hydrogen (secondary N) is 1. The van der Waals surface area contributed by atoms with Gasteiger partial charge in [0.1, 0.15) is 5.82 Å². The van der Waals surface area contributed by atoms with E-state index in [1.807, 2.05) is 14.0 Å². The van der Waals surface area contributed by atoms with Gasteiger partial charge in [-0.15, -0.1) is 0 Å². The van der Waals surface area contributed by atoms with E-state index in [0.717, 1.165) is 29.8 Å². The van der Waals surface area contributed by atoms with E-state index < -0.39 is 0 Å². The summed E-state index contributed by atoms with van der Waals surface area (Å²) in [5, 5.41) is 8.27. The SMILES string of the molecule is CCCNC(c1ccc(F)cc1C)c1c(Cl)cnn1C. The number of nitrogens with zero attached hydrogens (tertiary/aromatic N) is 2. The first kappa shape index (κ1) is 15.0. The number of rotatable bonds is 5. The molecule has 0 amide bonds. The predicted molar refractivity (Wildman–Crippen MR) is 79.5 cm³/mol. The van der Waals surface area contributed by atoms with Crippen molar-refractivity contribution in [2.24, 2.45) is 7.05 Å². The lowest BCUT2D eigenvalue weighted by molar-refractivity contribution is 0.549. The molecule has 1 unspecified atom stereocenters. The van der Waals surface area contributed by atoms with Crippen LogP contribution in [0.3, 0.4) is 0 Å². The van der Waals surface area contributed by atoms with Crippen LogP contribution in [0.5, 0.6) is 0 Å². The monoisotopic (exact) mass is 295 g/mol. The second kappa shape index (κ2) is 6.37. The van der Waals surface area contributed by atoms with Gasteiger partial charge in [0.05, 0.1) is 23.0 Å². The molecule has 5 heteroatoms. The van der Waals surface area contributed by atoms with Crippen LogP contribution < -0.4 is 5.32 Å². The molecule has 0 bridgehead atoms. The third-order valence-electron chi connectivity index (χ3n) is 3.35. The molecule has 1 N–H and O–H groups in total. The van der Waals surface area contributed by atoms with E-state index >= 15 is 0 Å². The maximum absolute atomic E-state index is 13.3. The lowest BCUT2D eigenvalue weighted by Gasteiger charge is -2.22. The molecule has 0 saturated heterocycles. The Morgan fingerprint density at radius 1 is 1.45 bits per heavy atom. The average Bonchev–Trinajstić information content (AvgIpc) is 2.72. The molecule has 2 rings (SSSR count). The average molecular weight is 296 g/mol. The van der Waals surface area contributed by atoms with Crippen molar-refractivity contribution in [2.45, 2.75) is 26.3 Å².